The van der Waals surface area contributed by atoms with Crippen LogP contribution in [0.15, 0.2) is 43.0 Å². The first-order valence-electron chi connectivity index (χ1n) is 5.63. The van der Waals surface area contributed by atoms with E-state index in [4.69, 9.17) is 4.74 Å². The minimum atomic E-state index is 0.714. The zero-order chi connectivity index (χ0) is 12.3. The smallest absolute Gasteiger partial charge is 0.162 e. The van der Waals surface area contributed by atoms with Crippen LogP contribution in [-0.4, -0.2) is 28.2 Å². The van der Waals surface area contributed by atoms with Crippen molar-refractivity contribution in [3.8, 4) is 11.4 Å². The van der Waals surface area contributed by atoms with E-state index in [2.05, 4.69) is 15.0 Å². The maximum atomic E-state index is 4.83. The van der Waals surface area contributed by atoms with Gasteiger partial charge in [0.25, 0.3) is 0 Å². The fourth-order valence-corrected chi connectivity index (χ4v) is 1.18. The van der Waals surface area contributed by atoms with Gasteiger partial charge in [0.2, 0.25) is 0 Å². The molecular weight excluding hydrogens is 214 g/mol. The summed E-state index contributed by atoms with van der Waals surface area (Å²) in [5.41, 5.74) is 1.01. The van der Waals surface area contributed by atoms with E-state index >= 15 is 0 Å². The summed E-state index contributed by atoms with van der Waals surface area (Å²) in [6.45, 7) is 5.67. The highest BCUT2D eigenvalue weighted by Crippen LogP contribution is 2.10. The number of nitrogens with zero attached hydrogens (tertiary/aromatic N) is 3. The zero-order valence-corrected chi connectivity index (χ0v) is 10.2. The standard InChI is InChI=1S/C9H7N3.C4H10O/c1-2-4-8(5-3-1)9-11-6-10-7-12-9;1-3-5-4-2/h1-7H;3-4H2,1-2H3. The molecule has 4 heteroatoms. The van der Waals surface area contributed by atoms with E-state index in [9.17, 15) is 0 Å². The number of hydrogen-bond donors (Lipinski definition) is 0. The van der Waals surface area contributed by atoms with E-state index in [0.717, 1.165) is 18.8 Å². The minimum absolute atomic E-state index is 0.714. The SMILES string of the molecule is CCOCC.c1ccc(-c2ncncn2)cc1. The number of hydrogen-bond acceptors (Lipinski definition) is 4. The highest BCUT2D eigenvalue weighted by Gasteiger charge is 1.95. The van der Waals surface area contributed by atoms with Crippen molar-refractivity contribution in [2.75, 3.05) is 13.2 Å². The predicted octanol–water partition coefficient (Wildman–Crippen LogP) is 2.58. The van der Waals surface area contributed by atoms with Crippen LogP contribution in [0.5, 0.6) is 0 Å². The number of ether oxygens (including phenoxy) is 1. The molecule has 1 aromatic carbocycles. The summed E-state index contributed by atoms with van der Waals surface area (Å²) < 4.78 is 4.83. The first-order valence-corrected chi connectivity index (χ1v) is 5.63. The van der Waals surface area contributed by atoms with E-state index in [1.165, 1.54) is 12.7 Å². The second-order valence-electron chi connectivity index (χ2n) is 3.11. The van der Waals surface area contributed by atoms with Gasteiger partial charge in [-0.1, -0.05) is 30.3 Å². The molecule has 0 radical (unpaired) electrons. The molecule has 17 heavy (non-hydrogen) atoms. The average Bonchev–Trinajstić information content (AvgIpc) is 2.42. The molecule has 0 aliphatic heterocycles. The summed E-state index contributed by atoms with van der Waals surface area (Å²) in [6, 6.07) is 9.81. The van der Waals surface area contributed by atoms with Crippen LogP contribution in [0.25, 0.3) is 11.4 Å². The van der Waals surface area contributed by atoms with Crippen LogP contribution in [-0.2, 0) is 4.74 Å². The Balaban J connectivity index is 0.000000249. The van der Waals surface area contributed by atoms with Crippen molar-refractivity contribution in [3.05, 3.63) is 43.0 Å². The molecule has 2 rings (SSSR count). The van der Waals surface area contributed by atoms with Gasteiger partial charge in [0, 0.05) is 18.8 Å². The first-order chi connectivity index (χ1) is 8.38. The molecule has 0 saturated carbocycles. The Hall–Kier alpha value is -1.81. The number of rotatable bonds is 3. The molecule has 0 amide bonds. The molecular formula is C13H17N3O. The van der Waals surface area contributed by atoms with E-state index < -0.39 is 0 Å². The number of aromatic nitrogens is 3. The quantitative estimate of drug-likeness (QED) is 0.814. The molecule has 0 saturated heterocycles. The van der Waals surface area contributed by atoms with Crippen LogP contribution in [0.4, 0.5) is 0 Å². The highest BCUT2D eigenvalue weighted by molar-refractivity contribution is 5.53. The van der Waals surface area contributed by atoms with Crippen molar-refractivity contribution in [1.82, 2.24) is 15.0 Å². The summed E-state index contributed by atoms with van der Waals surface area (Å²) in [6.07, 6.45) is 2.99. The minimum Gasteiger partial charge on any atom is -0.382 e. The van der Waals surface area contributed by atoms with E-state index in [1.807, 2.05) is 44.2 Å². The van der Waals surface area contributed by atoms with Crippen molar-refractivity contribution in [2.24, 2.45) is 0 Å². The van der Waals surface area contributed by atoms with Crippen LogP contribution in [0, 0.1) is 0 Å². The van der Waals surface area contributed by atoms with E-state index in [-0.39, 0.29) is 0 Å². The molecule has 2 aromatic rings. The maximum absolute atomic E-state index is 4.83. The van der Waals surface area contributed by atoms with Gasteiger partial charge < -0.3 is 4.74 Å². The van der Waals surface area contributed by atoms with Crippen LogP contribution in [0.3, 0.4) is 0 Å². The lowest BCUT2D eigenvalue weighted by atomic mass is 10.2. The normalized spacial score (nSPS) is 9.29. The van der Waals surface area contributed by atoms with Gasteiger partial charge in [0.05, 0.1) is 0 Å². The molecule has 90 valence electrons. The van der Waals surface area contributed by atoms with Crippen LogP contribution >= 0.6 is 0 Å². The molecule has 4 nitrogen and oxygen atoms in total. The molecule has 1 heterocycles. The largest absolute Gasteiger partial charge is 0.382 e. The average molecular weight is 231 g/mol. The van der Waals surface area contributed by atoms with Crippen molar-refractivity contribution >= 4 is 0 Å². The van der Waals surface area contributed by atoms with Crippen molar-refractivity contribution in [3.63, 3.8) is 0 Å². The summed E-state index contributed by atoms with van der Waals surface area (Å²) in [5, 5.41) is 0. The Morgan fingerprint density at radius 3 is 2.00 bits per heavy atom. The summed E-state index contributed by atoms with van der Waals surface area (Å²) in [5.74, 6) is 0.714. The fraction of sp³-hybridized carbons (Fsp3) is 0.308. The van der Waals surface area contributed by atoms with Crippen LogP contribution < -0.4 is 0 Å². The lowest BCUT2D eigenvalue weighted by molar-refractivity contribution is 0.162. The Labute approximate surface area is 102 Å². The van der Waals surface area contributed by atoms with Crippen molar-refractivity contribution in [1.29, 1.82) is 0 Å². The summed E-state index contributed by atoms with van der Waals surface area (Å²) in [4.78, 5) is 11.8. The second kappa shape index (κ2) is 8.35. The van der Waals surface area contributed by atoms with Gasteiger partial charge in [-0.15, -0.1) is 0 Å². The van der Waals surface area contributed by atoms with E-state index in [0.29, 0.717) is 5.82 Å². The molecule has 0 aliphatic carbocycles. The monoisotopic (exact) mass is 231 g/mol. The molecule has 0 N–H and O–H groups in total. The molecule has 0 bridgehead atoms. The molecule has 0 unspecified atom stereocenters. The summed E-state index contributed by atoms with van der Waals surface area (Å²) in [7, 11) is 0. The second-order valence-corrected chi connectivity index (χ2v) is 3.11. The van der Waals surface area contributed by atoms with Crippen molar-refractivity contribution in [2.45, 2.75) is 13.8 Å². The lowest BCUT2D eigenvalue weighted by Crippen LogP contribution is -1.87. The van der Waals surface area contributed by atoms with Gasteiger partial charge in [0.15, 0.2) is 5.82 Å². The van der Waals surface area contributed by atoms with Gasteiger partial charge >= 0.3 is 0 Å². The lowest BCUT2D eigenvalue weighted by Gasteiger charge is -1.95. The highest BCUT2D eigenvalue weighted by atomic mass is 16.5. The third-order valence-corrected chi connectivity index (χ3v) is 1.93. The third kappa shape index (κ3) is 5.17. The first kappa shape index (κ1) is 13.3. The topological polar surface area (TPSA) is 47.9 Å². The zero-order valence-electron chi connectivity index (χ0n) is 10.2. The summed E-state index contributed by atoms with van der Waals surface area (Å²) >= 11 is 0. The molecule has 1 aromatic heterocycles. The van der Waals surface area contributed by atoms with Crippen LogP contribution in [0.2, 0.25) is 0 Å². The molecule has 0 fully saturated rings. The predicted molar refractivity (Wildman–Crippen MR) is 67.4 cm³/mol. The van der Waals surface area contributed by atoms with Gasteiger partial charge in [-0.3, -0.25) is 0 Å². The van der Waals surface area contributed by atoms with Crippen molar-refractivity contribution < 1.29 is 4.74 Å². The molecule has 0 spiro atoms. The number of benzene rings is 1. The van der Waals surface area contributed by atoms with E-state index in [1.54, 1.807) is 0 Å². The Morgan fingerprint density at radius 1 is 0.941 bits per heavy atom. The maximum Gasteiger partial charge on any atom is 0.162 e. The molecule has 0 aliphatic rings. The van der Waals surface area contributed by atoms with Crippen LogP contribution in [0.1, 0.15) is 13.8 Å². The Bertz CT molecular complexity index is 352. The third-order valence-electron chi connectivity index (χ3n) is 1.93. The Morgan fingerprint density at radius 2 is 1.53 bits per heavy atom. The fourth-order valence-electron chi connectivity index (χ4n) is 1.18. The van der Waals surface area contributed by atoms with Gasteiger partial charge in [-0.05, 0) is 13.8 Å². The van der Waals surface area contributed by atoms with Gasteiger partial charge in [-0.25, -0.2) is 15.0 Å². The Kier molecular flexibility index (Phi) is 6.51. The van der Waals surface area contributed by atoms with Gasteiger partial charge in [-0.2, -0.15) is 0 Å². The van der Waals surface area contributed by atoms with Gasteiger partial charge in [0.1, 0.15) is 12.7 Å². The molecule has 0 atom stereocenters.